The van der Waals surface area contributed by atoms with Crippen molar-refractivity contribution in [3.05, 3.63) is 51.1 Å². The van der Waals surface area contributed by atoms with Crippen molar-refractivity contribution in [2.75, 3.05) is 6.54 Å². The van der Waals surface area contributed by atoms with Crippen molar-refractivity contribution in [1.82, 2.24) is 10.3 Å². The van der Waals surface area contributed by atoms with Crippen LogP contribution in [0.2, 0.25) is 0 Å². The van der Waals surface area contributed by atoms with E-state index in [0.29, 0.717) is 0 Å². The molecule has 0 unspecified atom stereocenters. The highest BCUT2D eigenvalue weighted by molar-refractivity contribution is 9.13. The Morgan fingerprint density at radius 2 is 2.24 bits per heavy atom. The third-order valence-electron chi connectivity index (χ3n) is 2.31. The lowest BCUT2D eigenvalue weighted by molar-refractivity contribution is 0.465. The summed E-state index contributed by atoms with van der Waals surface area (Å²) >= 11 is 6.70. The number of rotatable bonds is 5. The first-order valence-corrected chi connectivity index (χ1v) is 6.87. The van der Waals surface area contributed by atoms with Crippen LogP contribution in [0.15, 0.2) is 44.2 Å². The van der Waals surface area contributed by atoms with Crippen LogP contribution in [0.4, 0.5) is 0 Å². The summed E-state index contributed by atoms with van der Waals surface area (Å²) in [6.45, 7) is 1.63. The lowest BCUT2D eigenvalue weighted by atomic mass is 10.2. The Balaban J connectivity index is 1.73. The highest BCUT2D eigenvalue weighted by Crippen LogP contribution is 2.26. The zero-order chi connectivity index (χ0) is 12.1. The SMILES string of the molecule is Brc1cc(CNCCc2cccnc2)oc1Br. The van der Waals surface area contributed by atoms with E-state index in [-0.39, 0.29) is 0 Å². The number of pyridine rings is 1. The van der Waals surface area contributed by atoms with Gasteiger partial charge in [0, 0.05) is 12.4 Å². The lowest BCUT2D eigenvalue weighted by Gasteiger charge is -2.02. The molecule has 0 saturated carbocycles. The molecule has 17 heavy (non-hydrogen) atoms. The minimum Gasteiger partial charge on any atom is -0.452 e. The summed E-state index contributed by atoms with van der Waals surface area (Å²) in [5.41, 5.74) is 1.24. The number of aromatic nitrogens is 1. The Hall–Kier alpha value is -0.650. The van der Waals surface area contributed by atoms with Gasteiger partial charge in [0.05, 0.1) is 11.0 Å². The molecule has 0 spiro atoms. The van der Waals surface area contributed by atoms with Crippen LogP contribution in [-0.2, 0) is 13.0 Å². The average Bonchev–Trinajstić information content (AvgIpc) is 2.66. The molecule has 2 heterocycles. The van der Waals surface area contributed by atoms with E-state index in [2.05, 4.69) is 48.2 Å². The molecule has 2 aromatic rings. The zero-order valence-corrected chi connectivity index (χ0v) is 12.3. The summed E-state index contributed by atoms with van der Waals surface area (Å²) in [7, 11) is 0. The number of nitrogens with one attached hydrogen (secondary N) is 1. The van der Waals surface area contributed by atoms with E-state index < -0.39 is 0 Å². The van der Waals surface area contributed by atoms with Crippen molar-refractivity contribution < 1.29 is 4.42 Å². The number of furan rings is 1. The molecule has 2 rings (SSSR count). The second-order valence-corrected chi connectivity index (χ2v) is 5.20. The third kappa shape index (κ3) is 3.94. The van der Waals surface area contributed by atoms with Crippen LogP contribution < -0.4 is 5.32 Å². The fourth-order valence-electron chi connectivity index (χ4n) is 1.47. The molecule has 0 radical (unpaired) electrons. The van der Waals surface area contributed by atoms with E-state index in [1.807, 2.05) is 18.3 Å². The molecule has 0 bridgehead atoms. The maximum atomic E-state index is 5.46. The molecule has 3 nitrogen and oxygen atoms in total. The van der Waals surface area contributed by atoms with Crippen LogP contribution in [-0.4, -0.2) is 11.5 Å². The minimum atomic E-state index is 0.727. The molecule has 0 fully saturated rings. The van der Waals surface area contributed by atoms with Crippen LogP contribution in [0.1, 0.15) is 11.3 Å². The topological polar surface area (TPSA) is 38.1 Å². The fourth-order valence-corrected chi connectivity index (χ4v) is 2.13. The number of nitrogens with zero attached hydrogens (tertiary/aromatic N) is 1. The summed E-state index contributed by atoms with van der Waals surface area (Å²) in [6, 6.07) is 5.99. The largest absolute Gasteiger partial charge is 0.452 e. The van der Waals surface area contributed by atoms with Crippen LogP contribution in [0.3, 0.4) is 0 Å². The van der Waals surface area contributed by atoms with Gasteiger partial charge < -0.3 is 9.73 Å². The average molecular weight is 360 g/mol. The predicted molar refractivity (Wildman–Crippen MR) is 73.8 cm³/mol. The highest BCUT2D eigenvalue weighted by Gasteiger charge is 2.04. The van der Waals surface area contributed by atoms with Crippen molar-refractivity contribution in [1.29, 1.82) is 0 Å². The maximum Gasteiger partial charge on any atom is 0.183 e. The zero-order valence-electron chi connectivity index (χ0n) is 9.12. The maximum absolute atomic E-state index is 5.46. The van der Waals surface area contributed by atoms with Crippen LogP contribution in [0, 0.1) is 0 Å². The molecule has 0 aliphatic heterocycles. The van der Waals surface area contributed by atoms with Gasteiger partial charge in [-0.2, -0.15) is 0 Å². The monoisotopic (exact) mass is 358 g/mol. The smallest absolute Gasteiger partial charge is 0.183 e. The molecule has 1 N–H and O–H groups in total. The van der Waals surface area contributed by atoms with E-state index in [1.165, 1.54) is 5.56 Å². The van der Waals surface area contributed by atoms with Crippen LogP contribution in [0.5, 0.6) is 0 Å². The molecular formula is C12H12Br2N2O. The predicted octanol–water partition coefficient (Wildman–Crippen LogP) is 3.53. The second kappa shape index (κ2) is 6.33. The molecule has 0 saturated heterocycles. The summed E-state index contributed by atoms with van der Waals surface area (Å²) < 4.78 is 7.14. The van der Waals surface area contributed by atoms with Gasteiger partial charge in [0.1, 0.15) is 5.76 Å². The normalized spacial score (nSPS) is 10.7. The lowest BCUT2D eigenvalue weighted by Crippen LogP contribution is -2.16. The first-order chi connectivity index (χ1) is 8.25. The first kappa shape index (κ1) is 12.8. The van der Waals surface area contributed by atoms with E-state index in [4.69, 9.17) is 4.42 Å². The van der Waals surface area contributed by atoms with Crippen molar-refractivity contribution in [2.24, 2.45) is 0 Å². The third-order valence-corrected chi connectivity index (χ3v) is 4.02. The summed E-state index contributed by atoms with van der Waals surface area (Å²) in [5.74, 6) is 0.912. The summed E-state index contributed by atoms with van der Waals surface area (Å²) in [5, 5.41) is 3.33. The van der Waals surface area contributed by atoms with Crippen molar-refractivity contribution >= 4 is 31.9 Å². The Morgan fingerprint density at radius 3 is 2.88 bits per heavy atom. The van der Waals surface area contributed by atoms with E-state index in [9.17, 15) is 0 Å². The number of halogens is 2. The van der Waals surface area contributed by atoms with Gasteiger partial charge >= 0.3 is 0 Å². The number of hydrogen-bond acceptors (Lipinski definition) is 3. The minimum absolute atomic E-state index is 0.727. The molecule has 0 aliphatic carbocycles. The van der Waals surface area contributed by atoms with E-state index in [1.54, 1.807) is 6.20 Å². The van der Waals surface area contributed by atoms with Crippen LogP contribution >= 0.6 is 31.9 Å². The van der Waals surface area contributed by atoms with Gasteiger partial charge in [-0.05, 0) is 62.5 Å². The Kier molecular flexibility index (Phi) is 4.76. The molecule has 5 heteroatoms. The van der Waals surface area contributed by atoms with Gasteiger partial charge in [0.2, 0.25) is 0 Å². The first-order valence-electron chi connectivity index (χ1n) is 5.29. The molecule has 0 aromatic carbocycles. The van der Waals surface area contributed by atoms with E-state index >= 15 is 0 Å². The molecule has 0 atom stereocenters. The van der Waals surface area contributed by atoms with Crippen LogP contribution in [0.25, 0.3) is 0 Å². The molecule has 0 aliphatic rings. The Morgan fingerprint density at radius 1 is 1.35 bits per heavy atom. The van der Waals surface area contributed by atoms with Crippen molar-refractivity contribution in [3.63, 3.8) is 0 Å². The second-order valence-electron chi connectivity index (χ2n) is 3.62. The Labute approximate surface area is 117 Å². The van der Waals surface area contributed by atoms with E-state index in [0.717, 1.165) is 34.4 Å². The quantitative estimate of drug-likeness (QED) is 0.830. The molecular weight excluding hydrogens is 348 g/mol. The molecule has 90 valence electrons. The standard InChI is InChI=1S/C12H12Br2N2O/c13-11-6-10(17-12(11)14)8-16-5-3-9-2-1-4-15-7-9/h1-2,4,6-7,16H,3,5,8H2. The van der Waals surface area contributed by atoms with Crippen molar-refractivity contribution in [2.45, 2.75) is 13.0 Å². The van der Waals surface area contributed by atoms with Gasteiger partial charge in [0.25, 0.3) is 0 Å². The van der Waals surface area contributed by atoms with Gasteiger partial charge in [-0.25, -0.2) is 0 Å². The summed E-state index contributed by atoms with van der Waals surface area (Å²) in [6.07, 6.45) is 4.65. The van der Waals surface area contributed by atoms with Gasteiger partial charge in [-0.3, -0.25) is 4.98 Å². The Bertz CT molecular complexity index is 451. The van der Waals surface area contributed by atoms with Crippen molar-refractivity contribution in [3.8, 4) is 0 Å². The van der Waals surface area contributed by atoms with Gasteiger partial charge in [0.15, 0.2) is 4.67 Å². The summed E-state index contributed by atoms with van der Waals surface area (Å²) in [4.78, 5) is 4.08. The van der Waals surface area contributed by atoms with Gasteiger partial charge in [-0.15, -0.1) is 0 Å². The van der Waals surface area contributed by atoms with Gasteiger partial charge in [-0.1, -0.05) is 6.07 Å². The highest BCUT2D eigenvalue weighted by atomic mass is 79.9. The fraction of sp³-hybridized carbons (Fsp3) is 0.250. The number of hydrogen-bond donors (Lipinski definition) is 1. The molecule has 0 amide bonds. The molecule has 2 aromatic heterocycles.